The average molecular weight is 215 g/mol. The third-order valence-corrected chi connectivity index (χ3v) is 1.48. The van der Waals surface area contributed by atoms with E-state index < -0.39 is 17.7 Å². The van der Waals surface area contributed by atoms with Gasteiger partial charge >= 0.3 is 12.1 Å². The summed E-state index contributed by atoms with van der Waals surface area (Å²) in [6.07, 6.45) is 0.290. The Bertz CT molecular complexity index is 258. The standard InChI is InChI=1S/C9H17N3O3/c1-5-6-10-7(13)11-12(8(14)15)9(2,3)4/h5H,1,6H2,2-4H3,(H,14,15)(H2,10,11,13). The Morgan fingerprint density at radius 2 is 2.00 bits per heavy atom. The van der Waals surface area contributed by atoms with Gasteiger partial charge in [-0.1, -0.05) is 6.08 Å². The second-order valence-corrected chi connectivity index (χ2v) is 3.90. The Kier molecular flexibility index (Phi) is 4.63. The van der Waals surface area contributed by atoms with Crippen molar-refractivity contribution in [1.82, 2.24) is 15.8 Å². The first-order valence-corrected chi connectivity index (χ1v) is 4.47. The van der Waals surface area contributed by atoms with E-state index in [0.717, 1.165) is 5.01 Å². The van der Waals surface area contributed by atoms with Crippen molar-refractivity contribution in [2.45, 2.75) is 26.3 Å². The molecule has 0 rings (SSSR count). The number of hydrazine groups is 1. The minimum absolute atomic E-state index is 0.281. The Morgan fingerprint density at radius 1 is 1.47 bits per heavy atom. The van der Waals surface area contributed by atoms with E-state index in [1.807, 2.05) is 0 Å². The van der Waals surface area contributed by atoms with E-state index in [2.05, 4.69) is 17.3 Å². The number of nitrogens with zero attached hydrogens (tertiary/aromatic N) is 1. The highest BCUT2D eigenvalue weighted by atomic mass is 16.4. The van der Waals surface area contributed by atoms with E-state index in [4.69, 9.17) is 5.11 Å². The highest BCUT2D eigenvalue weighted by Gasteiger charge is 2.27. The molecule has 86 valence electrons. The van der Waals surface area contributed by atoms with Crippen molar-refractivity contribution < 1.29 is 14.7 Å². The molecule has 0 aliphatic heterocycles. The van der Waals surface area contributed by atoms with Crippen LogP contribution in [0.25, 0.3) is 0 Å². The molecule has 0 heterocycles. The summed E-state index contributed by atoms with van der Waals surface area (Å²) in [5.41, 5.74) is 1.53. The predicted molar refractivity (Wildman–Crippen MR) is 56.3 cm³/mol. The van der Waals surface area contributed by atoms with Gasteiger partial charge in [0.2, 0.25) is 0 Å². The Balaban J connectivity index is 4.37. The third-order valence-electron chi connectivity index (χ3n) is 1.48. The molecular weight excluding hydrogens is 198 g/mol. The molecule has 0 atom stereocenters. The van der Waals surface area contributed by atoms with Crippen LogP contribution in [-0.2, 0) is 0 Å². The molecule has 0 saturated carbocycles. The molecule has 0 aliphatic carbocycles. The van der Waals surface area contributed by atoms with Crippen molar-refractivity contribution >= 4 is 12.1 Å². The highest BCUT2D eigenvalue weighted by molar-refractivity contribution is 5.77. The number of urea groups is 1. The smallest absolute Gasteiger partial charge is 0.426 e. The molecule has 3 amide bonds. The van der Waals surface area contributed by atoms with Crippen molar-refractivity contribution in [2.24, 2.45) is 0 Å². The van der Waals surface area contributed by atoms with E-state index >= 15 is 0 Å². The van der Waals surface area contributed by atoms with Crippen LogP contribution >= 0.6 is 0 Å². The largest absolute Gasteiger partial charge is 0.464 e. The first-order valence-electron chi connectivity index (χ1n) is 4.47. The van der Waals surface area contributed by atoms with Crippen LogP contribution in [0, 0.1) is 0 Å². The van der Waals surface area contributed by atoms with Crippen LogP contribution in [-0.4, -0.2) is 34.3 Å². The molecule has 0 spiro atoms. The molecule has 6 heteroatoms. The maximum absolute atomic E-state index is 11.2. The minimum atomic E-state index is -1.21. The second-order valence-electron chi connectivity index (χ2n) is 3.90. The number of carbonyl (C=O) groups is 2. The van der Waals surface area contributed by atoms with Gasteiger partial charge in [0.15, 0.2) is 0 Å². The lowest BCUT2D eigenvalue weighted by atomic mass is 10.1. The number of hydrogen-bond acceptors (Lipinski definition) is 2. The lowest BCUT2D eigenvalue weighted by Gasteiger charge is -2.32. The van der Waals surface area contributed by atoms with Gasteiger partial charge in [-0.3, -0.25) is 0 Å². The van der Waals surface area contributed by atoms with Gasteiger partial charge in [-0.05, 0) is 20.8 Å². The van der Waals surface area contributed by atoms with Crippen LogP contribution in [0.2, 0.25) is 0 Å². The SMILES string of the molecule is C=CCNC(=O)NN(C(=O)O)C(C)(C)C. The number of hydrogen-bond donors (Lipinski definition) is 3. The summed E-state index contributed by atoms with van der Waals surface area (Å²) in [6.45, 7) is 8.73. The molecular formula is C9H17N3O3. The van der Waals surface area contributed by atoms with E-state index in [1.165, 1.54) is 6.08 Å². The van der Waals surface area contributed by atoms with Gasteiger partial charge in [-0.15, -0.1) is 6.58 Å². The van der Waals surface area contributed by atoms with Crippen LogP contribution in [0.3, 0.4) is 0 Å². The summed E-state index contributed by atoms with van der Waals surface area (Å²) in [5, 5.41) is 12.1. The number of rotatable bonds is 2. The molecule has 0 radical (unpaired) electrons. The molecule has 0 bridgehead atoms. The second kappa shape index (κ2) is 5.23. The molecule has 3 N–H and O–H groups in total. The third kappa shape index (κ3) is 4.90. The van der Waals surface area contributed by atoms with E-state index in [0.29, 0.717) is 0 Å². The molecule has 0 aromatic heterocycles. The van der Waals surface area contributed by atoms with Gasteiger partial charge in [0.25, 0.3) is 0 Å². The van der Waals surface area contributed by atoms with Crippen LogP contribution < -0.4 is 10.7 Å². The fraction of sp³-hybridized carbons (Fsp3) is 0.556. The van der Waals surface area contributed by atoms with Gasteiger partial charge < -0.3 is 10.4 Å². The highest BCUT2D eigenvalue weighted by Crippen LogP contribution is 2.09. The summed E-state index contributed by atoms with van der Waals surface area (Å²) < 4.78 is 0. The van der Waals surface area contributed by atoms with E-state index in [-0.39, 0.29) is 6.54 Å². The predicted octanol–water partition coefficient (Wildman–Crippen LogP) is 1.17. The molecule has 0 unspecified atom stereocenters. The fourth-order valence-electron chi connectivity index (χ4n) is 0.808. The lowest BCUT2D eigenvalue weighted by Crippen LogP contribution is -2.57. The van der Waals surface area contributed by atoms with Crippen LogP contribution in [0.4, 0.5) is 9.59 Å². The zero-order valence-corrected chi connectivity index (χ0v) is 9.20. The maximum atomic E-state index is 11.2. The Labute approximate surface area is 88.9 Å². The van der Waals surface area contributed by atoms with Gasteiger partial charge in [-0.2, -0.15) is 0 Å². The van der Waals surface area contributed by atoms with Crippen LogP contribution in [0.5, 0.6) is 0 Å². The van der Waals surface area contributed by atoms with Crippen molar-refractivity contribution in [2.75, 3.05) is 6.54 Å². The van der Waals surface area contributed by atoms with Gasteiger partial charge in [0.05, 0.1) is 5.54 Å². The topological polar surface area (TPSA) is 81.7 Å². The van der Waals surface area contributed by atoms with Crippen molar-refractivity contribution in [3.63, 3.8) is 0 Å². The minimum Gasteiger partial charge on any atom is -0.464 e. The quantitative estimate of drug-likeness (QED) is 0.477. The van der Waals surface area contributed by atoms with Gasteiger partial charge in [0, 0.05) is 6.54 Å². The van der Waals surface area contributed by atoms with E-state index in [9.17, 15) is 9.59 Å². The summed E-state index contributed by atoms with van der Waals surface area (Å²) in [6, 6.07) is -0.577. The average Bonchev–Trinajstić information content (AvgIpc) is 2.08. The first kappa shape index (κ1) is 13.3. The van der Waals surface area contributed by atoms with Crippen molar-refractivity contribution in [3.8, 4) is 0 Å². The zero-order valence-electron chi connectivity index (χ0n) is 9.20. The Hall–Kier alpha value is -1.72. The Morgan fingerprint density at radius 3 is 2.33 bits per heavy atom. The van der Waals surface area contributed by atoms with Crippen molar-refractivity contribution in [1.29, 1.82) is 0 Å². The zero-order chi connectivity index (χ0) is 12.1. The molecule has 6 nitrogen and oxygen atoms in total. The summed E-state index contributed by atoms with van der Waals surface area (Å²) >= 11 is 0. The number of amides is 3. The molecule has 0 aliphatic rings. The molecule has 15 heavy (non-hydrogen) atoms. The summed E-state index contributed by atoms with van der Waals surface area (Å²) in [7, 11) is 0. The molecule has 0 fully saturated rings. The molecule has 0 saturated heterocycles. The normalized spacial score (nSPS) is 10.3. The van der Waals surface area contributed by atoms with Gasteiger partial charge in [0.1, 0.15) is 0 Å². The van der Waals surface area contributed by atoms with Crippen LogP contribution in [0.15, 0.2) is 12.7 Å². The number of nitrogens with one attached hydrogen (secondary N) is 2. The lowest BCUT2D eigenvalue weighted by molar-refractivity contribution is 0.0725. The summed E-state index contributed by atoms with van der Waals surface area (Å²) in [4.78, 5) is 22.0. The summed E-state index contributed by atoms with van der Waals surface area (Å²) in [5.74, 6) is 0. The first-order chi connectivity index (χ1) is 6.79. The number of carbonyl (C=O) groups excluding carboxylic acids is 1. The van der Waals surface area contributed by atoms with Crippen molar-refractivity contribution in [3.05, 3.63) is 12.7 Å². The number of carboxylic acid groups (broad SMARTS) is 1. The fourth-order valence-corrected chi connectivity index (χ4v) is 0.808. The van der Waals surface area contributed by atoms with E-state index in [1.54, 1.807) is 20.8 Å². The molecule has 0 aromatic carbocycles. The monoisotopic (exact) mass is 215 g/mol. The maximum Gasteiger partial charge on any atom is 0.426 e. The van der Waals surface area contributed by atoms with Crippen LogP contribution in [0.1, 0.15) is 20.8 Å². The molecule has 0 aromatic rings. The van der Waals surface area contributed by atoms with Gasteiger partial charge in [-0.25, -0.2) is 20.0 Å².